The molecule has 1 unspecified atom stereocenters. The summed E-state index contributed by atoms with van der Waals surface area (Å²) in [7, 11) is 1.91. The molecular formula is C21H19FN2O. The maximum Gasteiger partial charge on any atom is 0.131 e. The van der Waals surface area contributed by atoms with Gasteiger partial charge in [0.1, 0.15) is 17.7 Å². The standard InChI is InChI=1S/C21H19FN2O/c1-24(9-8-23)13-17-12-20-18-5-3-2-4-14(18)10-15-6-7-16(22)11-19(15)21(20)25-17/h2-7,10-11,14,17H,9,12-13H2,1H3/t14?,17-/m1/s1. The van der Waals surface area contributed by atoms with E-state index < -0.39 is 0 Å². The number of hydrogen-bond acceptors (Lipinski definition) is 3. The van der Waals surface area contributed by atoms with Gasteiger partial charge in [0.2, 0.25) is 0 Å². The third kappa shape index (κ3) is 2.92. The zero-order valence-corrected chi connectivity index (χ0v) is 14.1. The largest absolute Gasteiger partial charge is 0.488 e. The van der Waals surface area contributed by atoms with Gasteiger partial charge in [-0.3, -0.25) is 4.90 Å². The molecule has 1 saturated heterocycles. The number of rotatable bonds is 3. The SMILES string of the molecule is CN(CC#N)C[C@H]1CC2=C3C=CC=CC3C=c3ccc(F)cc3=C2O1. The van der Waals surface area contributed by atoms with E-state index in [2.05, 4.69) is 24.3 Å². The van der Waals surface area contributed by atoms with Crippen molar-refractivity contribution in [3.8, 4) is 6.07 Å². The third-order valence-electron chi connectivity index (χ3n) is 4.88. The fourth-order valence-corrected chi connectivity index (χ4v) is 3.78. The summed E-state index contributed by atoms with van der Waals surface area (Å²) < 4.78 is 20.1. The Bertz CT molecular complexity index is 965. The average molecular weight is 334 g/mol. The van der Waals surface area contributed by atoms with Crippen LogP contribution in [0, 0.1) is 23.1 Å². The summed E-state index contributed by atoms with van der Waals surface area (Å²) in [5.41, 5.74) is 2.38. The summed E-state index contributed by atoms with van der Waals surface area (Å²) in [5, 5.41) is 10.7. The first-order chi connectivity index (χ1) is 12.2. The maximum absolute atomic E-state index is 13.9. The number of halogens is 1. The van der Waals surface area contributed by atoms with Crippen LogP contribution in [0.25, 0.3) is 11.8 Å². The lowest BCUT2D eigenvalue weighted by Crippen LogP contribution is -2.31. The fourth-order valence-electron chi connectivity index (χ4n) is 3.78. The molecule has 0 N–H and O–H groups in total. The Kier molecular flexibility index (Phi) is 4.03. The molecular weight excluding hydrogens is 315 g/mol. The second-order valence-corrected chi connectivity index (χ2v) is 6.73. The minimum atomic E-state index is -0.256. The van der Waals surface area contributed by atoms with Crippen LogP contribution in [-0.4, -0.2) is 31.1 Å². The predicted molar refractivity (Wildman–Crippen MR) is 94.9 cm³/mol. The number of likely N-dealkylation sites (N-methyl/N-ethyl adjacent to an activating group) is 1. The van der Waals surface area contributed by atoms with Crippen molar-refractivity contribution in [2.75, 3.05) is 20.1 Å². The lowest BCUT2D eigenvalue weighted by Gasteiger charge is -2.17. The molecule has 4 rings (SSSR count). The molecule has 0 amide bonds. The minimum absolute atomic E-state index is 0.0231. The Balaban J connectivity index is 1.84. The van der Waals surface area contributed by atoms with Crippen molar-refractivity contribution >= 4 is 11.8 Å². The maximum atomic E-state index is 13.9. The molecule has 0 spiro atoms. The van der Waals surface area contributed by atoms with Crippen molar-refractivity contribution in [1.29, 1.82) is 5.26 Å². The van der Waals surface area contributed by atoms with Gasteiger partial charge in [-0.15, -0.1) is 0 Å². The number of nitrogens with zero attached hydrogens (tertiary/aromatic N) is 2. The van der Waals surface area contributed by atoms with E-state index in [1.54, 1.807) is 6.07 Å². The second-order valence-electron chi connectivity index (χ2n) is 6.73. The Hall–Kier alpha value is -2.64. The third-order valence-corrected chi connectivity index (χ3v) is 4.88. The van der Waals surface area contributed by atoms with Gasteiger partial charge in [-0.05, 0) is 30.0 Å². The summed E-state index contributed by atoms with van der Waals surface area (Å²) in [6, 6.07) is 7.04. The number of hydrogen-bond donors (Lipinski definition) is 0. The van der Waals surface area contributed by atoms with E-state index in [1.165, 1.54) is 11.6 Å². The molecule has 1 aromatic rings. The summed E-state index contributed by atoms with van der Waals surface area (Å²) in [4.78, 5) is 1.95. The summed E-state index contributed by atoms with van der Waals surface area (Å²) in [6.07, 6.45) is 11.3. The number of benzene rings is 1. The molecule has 0 saturated carbocycles. The number of ether oxygens (including phenoxy) is 1. The van der Waals surface area contributed by atoms with Crippen LogP contribution in [0.5, 0.6) is 0 Å². The van der Waals surface area contributed by atoms with E-state index in [0.29, 0.717) is 13.1 Å². The normalized spacial score (nSPS) is 23.4. The molecule has 1 aromatic carbocycles. The van der Waals surface area contributed by atoms with Gasteiger partial charge < -0.3 is 4.74 Å². The van der Waals surface area contributed by atoms with Crippen molar-refractivity contribution in [3.05, 3.63) is 69.9 Å². The van der Waals surface area contributed by atoms with Crippen LogP contribution in [0.3, 0.4) is 0 Å². The van der Waals surface area contributed by atoms with Gasteiger partial charge in [0.25, 0.3) is 0 Å². The molecule has 2 aliphatic carbocycles. The monoisotopic (exact) mass is 334 g/mol. The molecule has 1 fully saturated rings. The highest BCUT2D eigenvalue weighted by Crippen LogP contribution is 2.38. The first-order valence-corrected chi connectivity index (χ1v) is 8.48. The van der Waals surface area contributed by atoms with Crippen LogP contribution >= 0.6 is 0 Å². The summed E-state index contributed by atoms with van der Waals surface area (Å²) >= 11 is 0. The molecule has 1 heterocycles. The quantitative estimate of drug-likeness (QED) is 0.794. The molecule has 25 heavy (non-hydrogen) atoms. The van der Waals surface area contributed by atoms with Crippen LogP contribution in [0.15, 0.2) is 53.6 Å². The molecule has 1 aliphatic heterocycles. The van der Waals surface area contributed by atoms with Gasteiger partial charge in [-0.1, -0.05) is 36.4 Å². The van der Waals surface area contributed by atoms with Gasteiger partial charge >= 0.3 is 0 Å². The predicted octanol–water partition coefficient (Wildman–Crippen LogP) is 2.01. The van der Waals surface area contributed by atoms with Crippen LogP contribution < -0.4 is 10.4 Å². The first-order valence-electron chi connectivity index (χ1n) is 8.48. The number of fused-ring (bicyclic) bond motifs is 3. The van der Waals surface area contributed by atoms with E-state index in [9.17, 15) is 4.39 Å². The van der Waals surface area contributed by atoms with Gasteiger partial charge in [0, 0.05) is 29.7 Å². The lowest BCUT2D eigenvalue weighted by atomic mass is 9.89. The lowest BCUT2D eigenvalue weighted by molar-refractivity contribution is 0.152. The van der Waals surface area contributed by atoms with Crippen molar-refractivity contribution in [2.24, 2.45) is 5.92 Å². The van der Waals surface area contributed by atoms with Crippen molar-refractivity contribution in [3.63, 3.8) is 0 Å². The van der Waals surface area contributed by atoms with Gasteiger partial charge in [0.05, 0.1) is 12.6 Å². The molecule has 0 bridgehead atoms. The van der Waals surface area contributed by atoms with Crippen LogP contribution in [0.1, 0.15) is 6.42 Å². The average Bonchev–Trinajstić information content (AvgIpc) is 2.95. The van der Waals surface area contributed by atoms with Gasteiger partial charge in [-0.25, -0.2) is 4.39 Å². The highest BCUT2D eigenvalue weighted by molar-refractivity contribution is 5.69. The Labute approximate surface area is 146 Å². The Morgan fingerprint density at radius 2 is 2.24 bits per heavy atom. The Morgan fingerprint density at radius 3 is 3.08 bits per heavy atom. The van der Waals surface area contributed by atoms with Crippen LogP contribution in [0.2, 0.25) is 0 Å². The van der Waals surface area contributed by atoms with Crippen molar-refractivity contribution < 1.29 is 9.13 Å². The number of allylic oxidation sites excluding steroid dienone is 5. The summed E-state index contributed by atoms with van der Waals surface area (Å²) in [5.74, 6) is 0.716. The minimum Gasteiger partial charge on any atom is -0.488 e. The zero-order valence-electron chi connectivity index (χ0n) is 14.1. The molecule has 3 nitrogen and oxygen atoms in total. The highest BCUT2D eigenvalue weighted by Gasteiger charge is 2.32. The molecule has 4 heteroatoms. The molecule has 2 atom stereocenters. The molecule has 0 radical (unpaired) electrons. The Morgan fingerprint density at radius 1 is 1.36 bits per heavy atom. The molecule has 0 aromatic heterocycles. The van der Waals surface area contributed by atoms with Gasteiger partial charge in [-0.2, -0.15) is 5.26 Å². The fraction of sp³-hybridized carbons (Fsp3) is 0.286. The van der Waals surface area contributed by atoms with Crippen LogP contribution in [0.4, 0.5) is 4.39 Å². The van der Waals surface area contributed by atoms with E-state index >= 15 is 0 Å². The summed E-state index contributed by atoms with van der Waals surface area (Å²) in [6.45, 7) is 1.04. The number of nitriles is 1. The molecule has 126 valence electrons. The second kappa shape index (κ2) is 6.34. The topological polar surface area (TPSA) is 36.3 Å². The molecule has 3 aliphatic rings. The van der Waals surface area contributed by atoms with Crippen molar-refractivity contribution in [1.82, 2.24) is 4.90 Å². The first kappa shape index (κ1) is 15.9. The van der Waals surface area contributed by atoms with E-state index in [0.717, 1.165) is 28.2 Å². The highest BCUT2D eigenvalue weighted by atomic mass is 19.1. The van der Waals surface area contributed by atoms with E-state index in [4.69, 9.17) is 10.00 Å². The van der Waals surface area contributed by atoms with Gasteiger partial charge in [0.15, 0.2) is 0 Å². The van der Waals surface area contributed by atoms with Crippen LogP contribution in [-0.2, 0) is 4.74 Å². The zero-order chi connectivity index (χ0) is 17.4. The van der Waals surface area contributed by atoms with Crippen molar-refractivity contribution in [2.45, 2.75) is 12.5 Å². The van der Waals surface area contributed by atoms with E-state index in [-0.39, 0.29) is 17.8 Å². The smallest absolute Gasteiger partial charge is 0.131 e. The van der Waals surface area contributed by atoms with E-state index in [1.807, 2.05) is 30.2 Å².